The number of benzene rings is 1. The molecule has 0 saturated heterocycles. The van der Waals surface area contributed by atoms with Gasteiger partial charge in [0, 0.05) is 25.8 Å². The van der Waals surface area contributed by atoms with Gasteiger partial charge < -0.3 is 20.1 Å². The van der Waals surface area contributed by atoms with Crippen molar-refractivity contribution >= 4 is 11.6 Å². The fourth-order valence-corrected chi connectivity index (χ4v) is 1.39. The van der Waals surface area contributed by atoms with Crippen molar-refractivity contribution in [3.05, 3.63) is 18.2 Å². The van der Waals surface area contributed by atoms with Crippen LogP contribution in [-0.2, 0) is 0 Å². The van der Waals surface area contributed by atoms with E-state index in [1.807, 2.05) is 32.2 Å². The number of hydrogen-bond donors (Lipinski definition) is 2. The highest BCUT2D eigenvalue weighted by atomic mass is 16.5. The van der Waals surface area contributed by atoms with Gasteiger partial charge in [-0.05, 0) is 19.1 Å². The number of hydrogen-bond acceptors (Lipinski definition) is 3. The summed E-state index contributed by atoms with van der Waals surface area (Å²) in [7, 11) is 5.14. The second-order valence-electron chi connectivity index (χ2n) is 3.25. The number of aliphatic imine (C=N–C) groups is 1. The van der Waals surface area contributed by atoms with Crippen molar-refractivity contribution in [3.63, 3.8) is 0 Å². The predicted molar refractivity (Wildman–Crippen MR) is 70.2 cm³/mol. The highest BCUT2D eigenvalue weighted by Crippen LogP contribution is 2.30. The average molecular weight is 237 g/mol. The Labute approximate surface area is 102 Å². The molecule has 0 aliphatic rings. The highest BCUT2D eigenvalue weighted by Gasteiger charge is 2.05. The molecule has 1 aromatic carbocycles. The van der Waals surface area contributed by atoms with Gasteiger partial charge in [0.2, 0.25) is 0 Å². The quantitative estimate of drug-likeness (QED) is 0.618. The van der Waals surface area contributed by atoms with Crippen LogP contribution < -0.4 is 20.1 Å². The molecule has 0 spiro atoms. The topological polar surface area (TPSA) is 54.9 Å². The first-order chi connectivity index (χ1) is 8.24. The zero-order valence-corrected chi connectivity index (χ0v) is 10.7. The number of rotatable bonds is 4. The number of nitrogens with one attached hydrogen (secondary N) is 2. The molecule has 94 valence electrons. The van der Waals surface area contributed by atoms with Crippen LogP contribution >= 0.6 is 0 Å². The lowest BCUT2D eigenvalue weighted by Gasteiger charge is -2.13. The monoisotopic (exact) mass is 237 g/mol. The normalized spacial score (nSPS) is 10.9. The summed E-state index contributed by atoms with van der Waals surface area (Å²) in [6.07, 6.45) is 0. The Morgan fingerprint density at radius 1 is 1.35 bits per heavy atom. The number of guanidine groups is 1. The standard InChI is InChI=1S/C12H19N3O2/c1-5-17-11-8-9(6-7-10(11)16-4)15-12(13-2)14-3/h6-8H,5H2,1-4H3,(H2,13,14,15). The Hall–Kier alpha value is -1.91. The number of methoxy groups -OCH3 is 1. The van der Waals surface area contributed by atoms with Gasteiger partial charge in [-0.1, -0.05) is 0 Å². The Morgan fingerprint density at radius 2 is 2.12 bits per heavy atom. The van der Waals surface area contributed by atoms with Crippen LogP contribution in [0.5, 0.6) is 11.5 Å². The van der Waals surface area contributed by atoms with E-state index in [0.29, 0.717) is 18.3 Å². The third kappa shape index (κ3) is 3.55. The Balaban J connectivity index is 2.91. The lowest BCUT2D eigenvalue weighted by atomic mass is 10.2. The van der Waals surface area contributed by atoms with E-state index in [2.05, 4.69) is 15.6 Å². The van der Waals surface area contributed by atoms with Crippen LogP contribution in [0.1, 0.15) is 6.92 Å². The Morgan fingerprint density at radius 3 is 2.65 bits per heavy atom. The second kappa shape index (κ2) is 6.62. The maximum Gasteiger partial charge on any atom is 0.195 e. The van der Waals surface area contributed by atoms with Gasteiger partial charge in [0.05, 0.1) is 13.7 Å². The molecule has 0 aliphatic carbocycles. The second-order valence-corrected chi connectivity index (χ2v) is 3.25. The molecular weight excluding hydrogens is 218 g/mol. The molecule has 0 fully saturated rings. The van der Waals surface area contributed by atoms with Crippen molar-refractivity contribution in [2.75, 3.05) is 33.1 Å². The van der Waals surface area contributed by atoms with Gasteiger partial charge in [0.25, 0.3) is 0 Å². The molecule has 0 radical (unpaired) electrons. The number of nitrogens with zero attached hydrogens (tertiary/aromatic N) is 1. The summed E-state index contributed by atoms with van der Waals surface area (Å²) < 4.78 is 10.7. The van der Waals surface area contributed by atoms with Crippen molar-refractivity contribution < 1.29 is 9.47 Å². The predicted octanol–water partition coefficient (Wildman–Crippen LogP) is 1.71. The molecule has 5 heteroatoms. The third-order valence-corrected chi connectivity index (χ3v) is 2.19. The first-order valence-electron chi connectivity index (χ1n) is 5.47. The van der Waals surface area contributed by atoms with E-state index < -0.39 is 0 Å². The molecule has 1 rings (SSSR count). The Bertz CT molecular complexity index is 391. The van der Waals surface area contributed by atoms with E-state index in [1.165, 1.54) is 0 Å². The average Bonchev–Trinajstić information content (AvgIpc) is 2.36. The van der Waals surface area contributed by atoms with Crippen LogP contribution in [0.4, 0.5) is 5.69 Å². The van der Waals surface area contributed by atoms with E-state index in [9.17, 15) is 0 Å². The lowest BCUT2D eigenvalue weighted by molar-refractivity contribution is 0.311. The van der Waals surface area contributed by atoms with E-state index in [1.54, 1.807) is 14.2 Å². The van der Waals surface area contributed by atoms with Crippen molar-refractivity contribution in [3.8, 4) is 11.5 Å². The minimum atomic E-state index is 0.598. The molecule has 2 N–H and O–H groups in total. The zero-order valence-electron chi connectivity index (χ0n) is 10.7. The molecule has 5 nitrogen and oxygen atoms in total. The number of anilines is 1. The summed E-state index contributed by atoms with van der Waals surface area (Å²) in [5.41, 5.74) is 0.893. The van der Waals surface area contributed by atoms with E-state index in [4.69, 9.17) is 9.47 Å². The highest BCUT2D eigenvalue weighted by molar-refractivity contribution is 5.93. The van der Waals surface area contributed by atoms with Gasteiger partial charge in [-0.25, -0.2) is 0 Å². The van der Waals surface area contributed by atoms with Crippen LogP contribution in [-0.4, -0.2) is 33.8 Å². The molecule has 0 saturated carbocycles. The van der Waals surface area contributed by atoms with Gasteiger partial charge in [-0.2, -0.15) is 0 Å². The molecule has 0 aliphatic heterocycles. The lowest BCUT2D eigenvalue weighted by Crippen LogP contribution is -2.26. The molecule has 0 aromatic heterocycles. The largest absolute Gasteiger partial charge is 0.493 e. The summed E-state index contributed by atoms with van der Waals surface area (Å²) >= 11 is 0. The van der Waals surface area contributed by atoms with Crippen LogP contribution in [0.25, 0.3) is 0 Å². The molecular formula is C12H19N3O2. The van der Waals surface area contributed by atoms with Crippen molar-refractivity contribution in [1.82, 2.24) is 5.32 Å². The summed E-state index contributed by atoms with van der Waals surface area (Å²) in [6, 6.07) is 5.64. The third-order valence-electron chi connectivity index (χ3n) is 2.19. The first kappa shape index (κ1) is 13.2. The maximum atomic E-state index is 5.49. The van der Waals surface area contributed by atoms with Crippen LogP contribution in [0, 0.1) is 0 Å². The summed E-state index contributed by atoms with van der Waals surface area (Å²) in [5, 5.41) is 6.08. The minimum Gasteiger partial charge on any atom is -0.493 e. The van der Waals surface area contributed by atoms with E-state index in [0.717, 1.165) is 11.4 Å². The van der Waals surface area contributed by atoms with Crippen LogP contribution in [0.2, 0.25) is 0 Å². The molecule has 0 bridgehead atoms. The smallest absolute Gasteiger partial charge is 0.195 e. The fourth-order valence-electron chi connectivity index (χ4n) is 1.39. The first-order valence-corrected chi connectivity index (χ1v) is 5.47. The Kier molecular flexibility index (Phi) is 5.13. The van der Waals surface area contributed by atoms with Gasteiger partial charge in [0.1, 0.15) is 0 Å². The van der Waals surface area contributed by atoms with Crippen molar-refractivity contribution in [2.45, 2.75) is 6.92 Å². The van der Waals surface area contributed by atoms with E-state index in [-0.39, 0.29) is 0 Å². The maximum absolute atomic E-state index is 5.49. The van der Waals surface area contributed by atoms with Crippen LogP contribution in [0.3, 0.4) is 0 Å². The molecule has 17 heavy (non-hydrogen) atoms. The van der Waals surface area contributed by atoms with Crippen LogP contribution in [0.15, 0.2) is 23.2 Å². The fraction of sp³-hybridized carbons (Fsp3) is 0.417. The van der Waals surface area contributed by atoms with E-state index >= 15 is 0 Å². The zero-order chi connectivity index (χ0) is 12.7. The molecule has 0 unspecified atom stereocenters. The van der Waals surface area contributed by atoms with Crippen molar-refractivity contribution in [1.29, 1.82) is 0 Å². The summed E-state index contributed by atoms with van der Waals surface area (Å²) in [4.78, 5) is 4.04. The minimum absolute atomic E-state index is 0.598. The van der Waals surface area contributed by atoms with Gasteiger partial charge in [0.15, 0.2) is 17.5 Å². The summed E-state index contributed by atoms with van der Waals surface area (Å²) in [6.45, 7) is 2.53. The SMILES string of the molecule is CCOc1cc(NC(=NC)NC)ccc1OC. The molecule has 0 heterocycles. The molecule has 1 aromatic rings. The van der Waals surface area contributed by atoms with Gasteiger partial charge in [-0.3, -0.25) is 4.99 Å². The van der Waals surface area contributed by atoms with Crippen molar-refractivity contribution in [2.24, 2.45) is 4.99 Å². The summed E-state index contributed by atoms with van der Waals surface area (Å²) in [5.74, 6) is 2.13. The number of ether oxygens (including phenoxy) is 2. The molecule has 0 atom stereocenters. The molecule has 0 amide bonds. The van der Waals surface area contributed by atoms with Gasteiger partial charge in [-0.15, -0.1) is 0 Å². The van der Waals surface area contributed by atoms with Gasteiger partial charge >= 0.3 is 0 Å².